The number of carbonyl (C=O) groups excluding carboxylic acids is 1. The Balaban J connectivity index is 1.75. The van der Waals surface area contributed by atoms with E-state index in [9.17, 15) is 4.79 Å². The number of pyridine rings is 1. The first-order valence-corrected chi connectivity index (χ1v) is 8.62. The molecule has 0 saturated carbocycles. The molecule has 0 unspecified atom stereocenters. The van der Waals surface area contributed by atoms with Gasteiger partial charge in [0.05, 0.1) is 0 Å². The zero-order chi connectivity index (χ0) is 18.7. The number of carbonyl (C=O) groups is 1. The van der Waals surface area contributed by atoms with E-state index in [-0.39, 0.29) is 11.9 Å². The molecule has 0 N–H and O–H groups in total. The van der Waals surface area contributed by atoms with Gasteiger partial charge >= 0.3 is 0 Å². The largest absolute Gasteiger partial charge is 0.337 e. The summed E-state index contributed by atoms with van der Waals surface area (Å²) >= 11 is 0. The van der Waals surface area contributed by atoms with Gasteiger partial charge in [-0.15, -0.1) is 0 Å². The maximum absolute atomic E-state index is 12.7. The van der Waals surface area contributed by atoms with E-state index in [0.29, 0.717) is 12.1 Å². The lowest BCUT2D eigenvalue weighted by molar-refractivity contribution is 0.0785. The number of aromatic nitrogens is 4. The Bertz CT molecular complexity index is 899. The van der Waals surface area contributed by atoms with Crippen LogP contribution in [0, 0.1) is 6.92 Å². The Morgan fingerprint density at radius 2 is 1.88 bits per heavy atom. The third kappa shape index (κ3) is 3.79. The summed E-state index contributed by atoms with van der Waals surface area (Å²) < 4.78 is 1.87. The van der Waals surface area contributed by atoms with Crippen molar-refractivity contribution in [2.75, 3.05) is 7.05 Å². The van der Waals surface area contributed by atoms with Crippen LogP contribution in [0.25, 0.3) is 11.4 Å². The van der Waals surface area contributed by atoms with Crippen LogP contribution in [-0.4, -0.2) is 37.6 Å². The van der Waals surface area contributed by atoms with Crippen LogP contribution in [0.15, 0.2) is 48.9 Å². The number of amides is 1. The second-order valence-electron chi connectivity index (χ2n) is 6.67. The molecule has 0 saturated heterocycles. The smallest absolute Gasteiger partial charge is 0.253 e. The van der Waals surface area contributed by atoms with Gasteiger partial charge in [0.15, 0.2) is 5.82 Å². The van der Waals surface area contributed by atoms with Crippen molar-refractivity contribution in [3.63, 3.8) is 0 Å². The van der Waals surface area contributed by atoms with Gasteiger partial charge in [-0.2, -0.15) is 5.10 Å². The highest BCUT2D eigenvalue weighted by Crippen LogP contribution is 2.20. The average Bonchev–Trinajstić information content (AvgIpc) is 3.11. The van der Waals surface area contributed by atoms with E-state index in [4.69, 9.17) is 0 Å². The van der Waals surface area contributed by atoms with E-state index in [2.05, 4.69) is 28.9 Å². The normalized spacial score (nSPS) is 11.0. The highest BCUT2D eigenvalue weighted by Gasteiger charge is 2.14. The molecule has 0 aliphatic heterocycles. The maximum Gasteiger partial charge on any atom is 0.253 e. The van der Waals surface area contributed by atoms with E-state index >= 15 is 0 Å². The van der Waals surface area contributed by atoms with E-state index in [0.717, 1.165) is 22.6 Å². The van der Waals surface area contributed by atoms with Gasteiger partial charge in [-0.25, -0.2) is 9.67 Å². The summed E-state index contributed by atoms with van der Waals surface area (Å²) in [7, 11) is 1.81. The molecular weight excluding hydrogens is 326 g/mol. The summed E-state index contributed by atoms with van der Waals surface area (Å²) in [6, 6.07) is 11.7. The number of hydrogen-bond donors (Lipinski definition) is 0. The third-order valence-corrected chi connectivity index (χ3v) is 4.18. The fourth-order valence-electron chi connectivity index (χ4n) is 2.87. The Morgan fingerprint density at radius 3 is 2.54 bits per heavy atom. The van der Waals surface area contributed by atoms with E-state index in [1.54, 1.807) is 24.5 Å². The quantitative estimate of drug-likeness (QED) is 0.707. The van der Waals surface area contributed by atoms with E-state index in [1.165, 1.54) is 0 Å². The van der Waals surface area contributed by atoms with Crippen molar-refractivity contribution in [3.05, 3.63) is 65.7 Å². The van der Waals surface area contributed by atoms with Crippen molar-refractivity contribution in [1.29, 1.82) is 0 Å². The predicted octanol–water partition coefficient (Wildman–Crippen LogP) is 3.50. The van der Waals surface area contributed by atoms with Crippen molar-refractivity contribution in [2.24, 2.45) is 0 Å². The van der Waals surface area contributed by atoms with Gasteiger partial charge in [-0.3, -0.25) is 9.78 Å². The van der Waals surface area contributed by atoms with Crippen molar-refractivity contribution < 1.29 is 4.79 Å². The molecular formula is C20H23N5O. The van der Waals surface area contributed by atoms with Crippen LogP contribution < -0.4 is 0 Å². The summed E-state index contributed by atoms with van der Waals surface area (Å²) in [5.41, 5.74) is 3.61. The summed E-state index contributed by atoms with van der Waals surface area (Å²) in [6.45, 7) is 6.61. The monoisotopic (exact) mass is 349 g/mol. The molecule has 2 heterocycles. The molecule has 0 aliphatic rings. The van der Waals surface area contributed by atoms with Crippen LogP contribution in [0.2, 0.25) is 0 Å². The van der Waals surface area contributed by atoms with Gasteiger partial charge in [0.2, 0.25) is 0 Å². The number of benzene rings is 1. The zero-order valence-corrected chi connectivity index (χ0v) is 15.5. The summed E-state index contributed by atoms with van der Waals surface area (Å²) in [5, 5.41) is 4.26. The maximum atomic E-state index is 12.7. The van der Waals surface area contributed by atoms with Crippen molar-refractivity contribution in [2.45, 2.75) is 33.4 Å². The number of aryl methyl sites for hydroxylation is 1. The standard InChI is InChI=1S/C20H23N5O/c1-14(2)25-19(22-13-23-25)17-5-7-18(8-6-17)20(26)24(4)12-16-9-10-21-15(3)11-16/h5-11,13-14H,12H2,1-4H3. The van der Waals surface area contributed by atoms with Crippen LogP contribution in [0.5, 0.6) is 0 Å². The molecule has 134 valence electrons. The molecule has 0 bridgehead atoms. The molecule has 0 atom stereocenters. The van der Waals surface area contributed by atoms with Gasteiger partial charge in [0.1, 0.15) is 6.33 Å². The van der Waals surface area contributed by atoms with Gasteiger partial charge in [0.25, 0.3) is 5.91 Å². The first-order chi connectivity index (χ1) is 12.5. The molecule has 1 aromatic carbocycles. The molecule has 0 radical (unpaired) electrons. The average molecular weight is 349 g/mol. The van der Waals surface area contributed by atoms with Crippen molar-refractivity contribution >= 4 is 5.91 Å². The predicted molar refractivity (Wildman–Crippen MR) is 101 cm³/mol. The van der Waals surface area contributed by atoms with Gasteiger partial charge in [-0.05, 0) is 50.6 Å². The van der Waals surface area contributed by atoms with Gasteiger partial charge < -0.3 is 4.90 Å². The van der Waals surface area contributed by atoms with Crippen LogP contribution in [0.4, 0.5) is 0 Å². The summed E-state index contributed by atoms with van der Waals surface area (Å²) in [6.07, 6.45) is 3.32. The zero-order valence-electron chi connectivity index (χ0n) is 15.5. The number of nitrogens with zero attached hydrogens (tertiary/aromatic N) is 5. The molecule has 1 amide bonds. The lowest BCUT2D eigenvalue weighted by Gasteiger charge is -2.18. The second-order valence-corrected chi connectivity index (χ2v) is 6.67. The van der Waals surface area contributed by atoms with E-state index in [1.807, 2.05) is 48.0 Å². The molecule has 0 spiro atoms. The Morgan fingerprint density at radius 1 is 1.15 bits per heavy atom. The molecule has 6 nitrogen and oxygen atoms in total. The minimum absolute atomic E-state index is 0.0173. The van der Waals surface area contributed by atoms with Crippen LogP contribution in [-0.2, 0) is 6.54 Å². The highest BCUT2D eigenvalue weighted by atomic mass is 16.2. The topological polar surface area (TPSA) is 63.9 Å². The lowest BCUT2D eigenvalue weighted by Crippen LogP contribution is -2.26. The molecule has 26 heavy (non-hydrogen) atoms. The Kier molecular flexibility index (Phi) is 5.11. The van der Waals surface area contributed by atoms with E-state index < -0.39 is 0 Å². The molecule has 6 heteroatoms. The lowest BCUT2D eigenvalue weighted by atomic mass is 10.1. The summed E-state index contributed by atoms with van der Waals surface area (Å²) in [4.78, 5) is 22.9. The molecule has 3 aromatic rings. The summed E-state index contributed by atoms with van der Waals surface area (Å²) in [5.74, 6) is 0.788. The van der Waals surface area contributed by atoms with Gasteiger partial charge in [-0.1, -0.05) is 12.1 Å². The van der Waals surface area contributed by atoms with Gasteiger partial charge in [0, 0.05) is 42.7 Å². The highest BCUT2D eigenvalue weighted by molar-refractivity contribution is 5.94. The Labute approximate surface area is 153 Å². The first kappa shape index (κ1) is 17.8. The minimum atomic E-state index is -0.0173. The third-order valence-electron chi connectivity index (χ3n) is 4.18. The first-order valence-electron chi connectivity index (χ1n) is 8.62. The van der Waals surface area contributed by atoms with Crippen LogP contribution in [0.3, 0.4) is 0 Å². The molecule has 3 rings (SSSR count). The minimum Gasteiger partial charge on any atom is -0.337 e. The fraction of sp³-hybridized carbons (Fsp3) is 0.300. The van der Waals surface area contributed by atoms with Crippen molar-refractivity contribution in [3.8, 4) is 11.4 Å². The molecule has 2 aromatic heterocycles. The molecule has 0 aliphatic carbocycles. The second kappa shape index (κ2) is 7.47. The molecule has 0 fully saturated rings. The van der Waals surface area contributed by atoms with Crippen LogP contribution >= 0.6 is 0 Å². The number of hydrogen-bond acceptors (Lipinski definition) is 4. The van der Waals surface area contributed by atoms with Crippen LogP contribution in [0.1, 0.15) is 41.5 Å². The SMILES string of the molecule is Cc1cc(CN(C)C(=O)c2ccc(-c3ncnn3C(C)C)cc2)ccn1. The number of rotatable bonds is 5. The Hall–Kier alpha value is -3.02. The van der Waals surface area contributed by atoms with Crippen molar-refractivity contribution in [1.82, 2.24) is 24.6 Å². The fourth-order valence-corrected chi connectivity index (χ4v) is 2.87.